The van der Waals surface area contributed by atoms with Crippen LogP contribution in [0, 0.1) is 5.82 Å². The summed E-state index contributed by atoms with van der Waals surface area (Å²) in [5.74, 6) is -2.09. The van der Waals surface area contributed by atoms with Crippen LogP contribution in [0.3, 0.4) is 0 Å². The van der Waals surface area contributed by atoms with Crippen LogP contribution in [0.2, 0.25) is 0 Å². The number of halogens is 1. The van der Waals surface area contributed by atoms with Gasteiger partial charge in [0.1, 0.15) is 11.3 Å². The van der Waals surface area contributed by atoms with Gasteiger partial charge in [0.25, 0.3) is 0 Å². The van der Waals surface area contributed by atoms with E-state index in [1.165, 1.54) is 12.1 Å². The molecule has 1 fully saturated rings. The fourth-order valence-corrected chi connectivity index (χ4v) is 2.31. The Morgan fingerprint density at radius 1 is 1.53 bits per heavy atom. The van der Waals surface area contributed by atoms with E-state index < -0.39 is 11.8 Å². The number of hydrogen-bond donors (Lipinski definition) is 1. The van der Waals surface area contributed by atoms with Gasteiger partial charge in [0.15, 0.2) is 0 Å². The zero-order valence-corrected chi connectivity index (χ0v) is 10.0. The highest BCUT2D eigenvalue weighted by Gasteiger charge is 2.21. The van der Waals surface area contributed by atoms with E-state index in [1.54, 1.807) is 4.68 Å². The number of carbonyl (C=O) groups is 1. The molecule has 19 heavy (non-hydrogen) atoms. The van der Waals surface area contributed by atoms with Crippen molar-refractivity contribution in [3.8, 4) is 0 Å². The van der Waals surface area contributed by atoms with Crippen molar-refractivity contribution in [3.05, 3.63) is 23.5 Å². The molecule has 1 aliphatic rings. The monoisotopic (exact) mass is 265 g/mol. The molecule has 100 valence electrons. The third kappa shape index (κ3) is 2.06. The second-order valence-corrected chi connectivity index (χ2v) is 4.53. The second-order valence-electron chi connectivity index (χ2n) is 4.53. The summed E-state index contributed by atoms with van der Waals surface area (Å²) >= 11 is 0. The Kier molecular flexibility index (Phi) is 2.90. The molecule has 0 saturated carbocycles. The Morgan fingerprint density at radius 3 is 3.05 bits per heavy atom. The summed E-state index contributed by atoms with van der Waals surface area (Å²) < 4.78 is 20.7. The first-order valence-electron chi connectivity index (χ1n) is 6.02. The maximum Gasteiger partial charge on any atom is 0.338 e. The number of fused-ring (bicyclic) bond motifs is 1. The first kappa shape index (κ1) is 12.0. The van der Waals surface area contributed by atoms with E-state index in [0.29, 0.717) is 17.6 Å². The molecule has 6 nitrogen and oxygen atoms in total. The minimum atomic E-state index is -1.31. The predicted molar refractivity (Wildman–Crippen MR) is 63.5 cm³/mol. The molecule has 1 aromatic carbocycles. The minimum Gasteiger partial charge on any atom is -0.478 e. The van der Waals surface area contributed by atoms with Gasteiger partial charge >= 0.3 is 5.97 Å². The molecule has 1 atom stereocenters. The van der Waals surface area contributed by atoms with E-state index in [2.05, 4.69) is 10.3 Å². The topological polar surface area (TPSA) is 77.2 Å². The fraction of sp³-hybridized carbons (Fsp3) is 0.417. The molecule has 0 spiro atoms. The highest BCUT2D eigenvalue weighted by molar-refractivity contribution is 5.92. The van der Waals surface area contributed by atoms with Crippen LogP contribution in [0.5, 0.6) is 0 Å². The van der Waals surface area contributed by atoms with E-state index >= 15 is 0 Å². The number of hydrogen-bond acceptors (Lipinski definition) is 4. The summed E-state index contributed by atoms with van der Waals surface area (Å²) in [5.41, 5.74) is 0.488. The molecular weight excluding hydrogens is 253 g/mol. The van der Waals surface area contributed by atoms with Crippen molar-refractivity contribution in [1.82, 2.24) is 15.0 Å². The Morgan fingerprint density at radius 2 is 2.37 bits per heavy atom. The van der Waals surface area contributed by atoms with Crippen LogP contribution in [0.4, 0.5) is 4.39 Å². The molecule has 0 bridgehead atoms. The van der Waals surface area contributed by atoms with Gasteiger partial charge in [-0.3, -0.25) is 0 Å². The van der Waals surface area contributed by atoms with E-state index in [0.717, 1.165) is 19.4 Å². The molecule has 2 heterocycles. The lowest BCUT2D eigenvalue weighted by atomic mass is 10.1. The second kappa shape index (κ2) is 4.58. The van der Waals surface area contributed by atoms with Gasteiger partial charge in [-0.25, -0.2) is 13.9 Å². The number of ether oxygens (including phenoxy) is 1. The maximum atomic E-state index is 13.7. The lowest BCUT2D eigenvalue weighted by molar-refractivity contribution is 0.0558. The van der Waals surface area contributed by atoms with Crippen molar-refractivity contribution in [2.75, 3.05) is 13.2 Å². The third-order valence-corrected chi connectivity index (χ3v) is 3.27. The summed E-state index contributed by atoms with van der Waals surface area (Å²) in [6.07, 6.45) is 1.81. The predicted octanol–water partition coefficient (Wildman–Crippen LogP) is 1.62. The standard InChI is InChI=1S/C12H12FN3O3/c13-9-5-11-10(4-8(9)12(17)18)14-15-16(11)7-2-1-3-19-6-7/h4-5,7H,1-3,6H2,(H,17,18). The van der Waals surface area contributed by atoms with Crippen molar-refractivity contribution in [2.45, 2.75) is 18.9 Å². The molecular formula is C12H12FN3O3. The SMILES string of the molecule is O=C(O)c1cc2nnn(C3CCCOC3)c2cc1F. The van der Waals surface area contributed by atoms with Gasteiger partial charge in [-0.15, -0.1) is 5.10 Å². The van der Waals surface area contributed by atoms with E-state index in [9.17, 15) is 9.18 Å². The first-order chi connectivity index (χ1) is 9.16. The maximum absolute atomic E-state index is 13.7. The number of benzene rings is 1. The van der Waals surface area contributed by atoms with Gasteiger partial charge in [-0.05, 0) is 18.9 Å². The van der Waals surface area contributed by atoms with Crippen LogP contribution in [0.1, 0.15) is 29.2 Å². The molecule has 0 radical (unpaired) electrons. The number of rotatable bonds is 2. The van der Waals surface area contributed by atoms with Gasteiger partial charge in [0.2, 0.25) is 0 Å². The number of carboxylic acids is 1. The Balaban J connectivity index is 2.07. The molecule has 2 aromatic rings. The number of aromatic carboxylic acids is 1. The molecule has 1 unspecified atom stereocenters. The Labute approximate surface area is 107 Å². The van der Waals surface area contributed by atoms with E-state index in [-0.39, 0.29) is 11.6 Å². The molecule has 1 aliphatic heterocycles. The van der Waals surface area contributed by atoms with Crippen molar-refractivity contribution >= 4 is 17.0 Å². The van der Waals surface area contributed by atoms with E-state index in [1.807, 2.05) is 0 Å². The van der Waals surface area contributed by atoms with Crippen molar-refractivity contribution in [1.29, 1.82) is 0 Å². The van der Waals surface area contributed by atoms with Crippen LogP contribution in [-0.2, 0) is 4.74 Å². The minimum absolute atomic E-state index is 0.0221. The Bertz CT molecular complexity index is 634. The highest BCUT2D eigenvalue weighted by Crippen LogP contribution is 2.24. The summed E-state index contributed by atoms with van der Waals surface area (Å²) in [5, 5.41) is 16.8. The third-order valence-electron chi connectivity index (χ3n) is 3.27. The smallest absolute Gasteiger partial charge is 0.338 e. The average molecular weight is 265 g/mol. The molecule has 7 heteroatoms. The van der Waals surface area contributed by atoms with Crippen molar-refractivity contribution in [2.24, 2.45) is 0 Å². The highest BCUT2D eigenvalue weighted by atomic mass is 19.1. The van der Waals surface area contributed by atoms with Gasteiger partial charge in [0.05, 0.1) is 23.7 Å². The van der Waals surface area contributed by atoms with Crippen LogP contribution < -0.4 is 0 Å². The van der Waals surface area contributed by atoms with Crippen molar-refractivity contribution < 1.29 is 19.0 Å². The van der Waals surface area contributed by atoms with Crippen LogP contribution in [-0.4, -0.2) is 39.3 Å². The molecule has 3 rings (SSSR count). The fourth-order valence-electron chi connectivity index (χ4n) is 2.31. The summed E-state index contributed by atoms with van der Waals surface area (Å²) in [6, 6.07) is 2.40. The van der Waals surface area contributed by atoms with Gasteiger partial charge in [0, 0.05) is 12.7 Å². The molecule has 1 N–H and O–H groups in total. The zero-order valence-electron chi connectivity index (χ0n) is 10.0. The van der Waals surface area contributed by atoms with Crippen molar-refractivity contribution in [3.63, 3.8) is 0 Å². The largest absolute Gasteiger partial charge is 0.478 e. The number of carboxylic acid groups (broad SMARTS) is 1. The average Bonchev–Trinajstić information content (AvgIpc) is 2.81. The first-order valence-corrected chi connectivity index (χ1v) is 6.02. The lowest BCUT2D eigenvalue weighted by Gasteiger charge is -2.22. The normalized spacial score (nSPS) is 19.7. The molecule has 1 saturated heterocycles. The molecule has 1 aromatic heterocycles. The van der Waals surface area contributed by atoms with Crippen LogP contribution in [0.25, 0.3) is 11.0 Å². The molecule has 0 aliphatic carbocycles. The summed E-state index contributed by atoms with van der Waals surface area (Å²) in [7, 11) is 0. The lowest BCUT2D eigenvalue weighted by Crippen LogP contribution is -2.22. The van der Waals surface area contributed by atoms with Crippen LogP contribution in [0.15, 0.2) is 12.1 Å². The number of aromatic nitrogens is 3. The van der Waals surface area contributed by atoms with Gasteiger partial charge < -0.3 is 9.84 Å². The zero-order chi connectivity index (χ0) is 13.4. The van der Waals surface area contributed by atoms with Gasteiger partial charge in [-0.2, -0.15) is 0 Å². The summed E-state index contributed by atoms with van der Waals surface area (Å²) in [6.45, 7) is 1.24. The van der Waals surface area contributed by atoms with E-state index in [4.69, 9.17) is 9.84 Å². The molecule has 0 amide bonds. The summed E-state index contributed by atoms with van der Waals surface area (Å²) in [4.78, 5) is 10.9. The van der Waals surface area contributed by atoms with Crippen LogP contribution >= 0.6 is 0 Å². The van der Waals surface area contributed by atoms with Gasteiger partial charge in [-0.1, -0.05) is 5.21 Å². The Hall–Kier alpha value is -2.02. The quantitative estimate of drug-likeness (QED) is 0.892. The number of nitrogens with zero attached hydrogens (tertiary/aromatic N) is 3.